The van der Waals surface area contributed by atoms with Gasteiger partial charge >= 0.3 is 12.0 Å². The van der Waals surface area contributed by atoms with Crippen molar-refractivity contribution in [2.45, 2.75) is 6.36 Å². The Kier molecular flexibility index (Phi) is 3.98. The standard InChI is InChI=1S/C13H6F5NO3/c14-10-6-11(15)12(19(20)21)5-9(10)7-2-1-3-8(4-7)22-13(16,17)18/h1-6H. The van der Waals surface area contributed by atoms with Gasteiger partial charge in [-0.1, -0.05) is 12.1 Å². The molecule has 0 saturated carbocycles. The van der Waals surface area contributed by atoms with Crippen molar-refractivity contribution in [2.75, 3.05) is 0 Å². The van der Waals surface area contributed by atoms with E-state index in [2.05, 4.69) is 4.74 Å². The molecule has 0 spiro atoms. The number of ether oxygens (including phenoxy) is 1. The van der Waals surface area contributed by atoms with Crippen LogP contribution in [-0.4, -0.2) is 11.3 Å². The molecule has 2 aromatic rings. The second kappa shape index (κ2) is 5.58. The largest absolute Gasteiger partial charge is 0.573 e. The summed E-state index contributed by atoms with van der Waals surface area (Å²) in [6, 6.07) is 5.08. The van der Waals surface area contributed by atoms with E-state index in [1.807, 2.05) is 0 Å². The average molecular weight is 319 g/mol. The van der Waals surface area contributed by atoms with Gasteiger partial charge < -0.3 is 4.74 Å². The Bertz CT molecular complexity index is 730. The first kappa shape index (κ1) is 15.7. The molecule has 4 nitrogen and oxygen atoms in total. The molecule has 0 aliphatic rings. The van der Waals surface area contributed by atoms with E-state index in [1.165, 1.54) is 6.07 Å². The molecular weight excluding hydrogens is 313 g/mol. The Morgan fingerprint density at radius 2 is 1.73 bits per heavy atom. The van der Waals surface area contributed by atoms with E-state index in [0.29, 0.717) is 12.1 Å². The summed E-state index contributed by atoms with van der Waals surface area (Å²) in [6.07, 6.45) is -4.94. The van der Waals surface area contributed by atoms with Crippen LogP contribution in [0.15, 0.2) is 36.4 Å². The summed E-state index contributed by atoms with van der Waals surface area (Å²) >= 11 is 0. The molecule has 0 N–H and O–H groups in total. The van der Waals surface area contributed by atoms with Crippen LogP contribution in [0.4, 0.5) is 27.6 Å². The third-order valence-electron chi connectivity index (χ3n) is 2.61. The molecule has 0 fully saturated rings. The Labute approximate surface area is 119 Å². The minimum Gasteiger partial charge on any atom is -0.406 e. The molecule has 2 rings (SSSR count). The molecule has 116 valence electrons. The minimum absolute atomic E-state index is 0.123. The van der Waals surface area contributed by atoms with E-state index < -0.39 is 39.9 Å². The maximum absolute atomic E-state index is 13.7. The predicted molar refractivity (Wildman–Crippen MR) is 65.1 cm³/mol. The molecule has 0 radical (unpaired) electrons. The van der Waals surface area contributed by atoms with Crippen LogP contribution in [0.3, 0.4) is 0 Å². The average Bonchev–Trinajstić information content (AvgIpc) is 2.36. The number of nitro benzene ring substituents is 1. The zero-order valence-corrected chi connectivity index (χ0v) is 10.5. The van der Waals surface area contributed by atoms with E-state index in [-0.39, 0.29) is 5.56 Å². The van der Waals surface area contributed by atoms with Crippen molar-refractivity contribution in [3.8, 4) is 16.9 Å². The fourth-order valence-corrected chi connectivity index (χ4v) is 1.76. The molecule has 0 aromatic heterocycles. The molecule has 0 unspecified atom stereocenters. The lowest BCUT2D eigenvalue weighted by atomic mass is 10.0. The summed E-state index contributed by atoms with van der Waals surface area (Å²) in [7, 11) is 0. The highest BCUT2D eigenvalue weighted by atomic mass is 19.4. The first-order valence-corrected chi connectivity index (χ1v) is 5.67. The van der Waals surface area contributed by atoms with Crippen molar-refractivity contribution in [3.05, 3.63) is 58.1 Å². The van der Waals surface area contributed by atoms with Crippen molar-refractivity contribution < 1.29 is 31.6 Å². The molecule has 0 aliphatic heterocycles. The summed E-state index contributed by atoms with van der Waals surface area (Å²) in [5.74, 6) is -3.16. The van der Waals surface area contributed by atoms with Crippen molar-refractivity contribution in [3.63, 3.8) is 0 Å². The van der Waals surface area contributed by atoms with Crippen LogP contribution in [0.1, 0.15) is 0 Å². The third-order valence-corrected chi connectivity index (χ3v) is 2.61. The van der Waals surface area contributed by atoms with Gasteiger partial charge in [-0.05, 0) is 17.7 Å². The van der Waals surface area contributed by atoms with Crippen LogP contribution in [-0.2, 0) is 0 Å². The van der Waals surface area contributed by atoms with Crippen LogP contribution in [0.2, 0.25) is 0 Å². The van der Waals surface area contributed by atoms with Gasteiger partial charge in [0.05, 0.1) is 4.92 Å². The maximum Gasteiger partial charge on any atom is 0.573 e. The van der Waals surface area contributed by atoms with Crippen LogP contribution >= 0.6 is 0 Å². The Morgan fingerprint density at radius 3 is 2.32 bits per heavy atom. The summed E-state index contributed by atoms with van der Waals surface area (Å²) in [5, 5.41) is 10.6. The van der Waals surface area contributed by atoms with Gasteiger partial charge in [-0.2, -0.15) is 4.39 Å². The summed E-state index contributed by atoms with van der Waals surface area (Å²) in [5.41, 5.74) is -1.53. The van der Waals surface area contributed by atoms with E-state index >= 15 is 0 Å². The van der Waals surface area contributed by atoms with Crippen molar-refractivity contribution >= 4 is 5.69 Å². The second-order valence-corrected chi connectivity index (χ2v) is 4.12. The third kappa shape index (κ3) is 3.48. The normalized spacial score (nSPS) is 11.3. The van der Waals surface area contributed by atoms with Gasteiger partial charge in [0, 0.05) is 17.7 Å². The first-order chi connectivity index (χ1) is 10.2. The second-order valence-electron chi connectivity index (χ2n) is 4.12. The SMILES string of the molecule is O=[N+]([O-])c1cc(-c2cccc(OC(F)(F)F)c2)c(F)cc1F. The molecule has 22 heavy (non-hydrogen) atoms. The first-order valence-electron chi connectivity index (χ1n) is 5.67. The predicted octanol–water partition coefficient (Wildman–Crippen LogP) is 4.44. The molecule has 0 aliphatic carbocycles. The maximum atomic E-state index is 13.7. The zero-order valence-electron chi connectivity index (χ0n) is 10.5. The quantitative estimate of drug-likeness (QED) is 0.477. The summed E-state index contributed by atoms with van der Waals surface area (Å²) in [6.45, 7) is 0. The summed E-state index contributed by atoms with van der Waals surface area (Å²) in [4.78, 5) is 9.58. The van der Waals surface area contributed by atoms with E-state index in [9.17, 15) is 32.1 Å². The number of halogens is 5. The highest BCUT2D eigenvalue weighted by molar-refractivity contribution is 5.68. The molecule has 0 bridgehead atoms. The minimum atomic E-state index is -4.94. The van der Waals surface area contributed by atoms with Gasteiger partial charge in [0.15, 0.2) is 0 Å². The Morgan fingerprint density at radius 1 is 1.05 bits per heavy atom. The van der Waals surface area contributed by atoms with E-state index in [0.717, 1.165) is 18.2 Å². The molecule has 0 amide bonds. The van der Waals surface area contributed by atoms with Crippen LogP contribution in [0.25, 0.3) is 11.1 Å². The van der Waals surface area contributed by atoms with Crippen molar-refractivity contribution in [2.24, 2.45) is 0 Å². The van der Waals surface area contributed by atoms with Gasteiger partial charge in [-0.3, -0.25) is 10.1 Å². The smallest absolute Gasteiger partial charge is 0.406 e. The van der Waals surface area contributed by atoms with Crippen LogP contribution in [0.5, 0.6) is 5.75 Å². The van der Waals surface area contributed by atoms with Gasteiger partial charge in [0.25, 0.3) is 0 Å². The number of nitro groups is 1. The number of rotatable bonds is 3. The number of benzene rings is 2. The van der Waals surface area contributed by atoms with Gasteiger partial charge in [0.2, 0.25) is 5.82 Å². The zero-order chi connectivity index (χ0) is 16.5. The van der Waals surface area contributed by atoms with Crippen LogP contribution in [0, 0.1) is 21.7 Å². The number of hydrogen-bond acceptors (Lipinski definition) is 3. The summed E-state index contributed by atoms with van der Waals surface area (Å²) < 4.78 is 67.1. The fourth-order valence-electron chi connectivity index (χ4n) is 1.76. The molecule has 0 atom stereocenters. The topological polar surface area (TPSA) is 52.4 Å². The fraction of sp³-hybridized carbons (Fsp3) is 0.0769. The number of alkyl halides is 3. The monoisotopic (exact) mass is 319 g/mol. The molecule has 2 aromatic carbocycles. The highest BCUT2D eigenvalue weighted by Gasteiger charge is 2.31. The van der Waals surface area contributed by atoms with Crippen LogP contribution < -0.4 is 4.74 Å². The molecule has 0 heterocycles. The van der Waals surface area contributed by atoms with Crippen molar-refractivity contribution in [1.82, 2.24) is 0 Å². The molecule has 9 heteroatoms. The lowest BCUT2D eigenvalue weighted by molar-refractivity contribution is -0.387. The lowest BCUT2D eigenvalue weighted by Gasteiger charge is -2.10. The molecular formula is C13H6F5NO3. The van der Waals surface area contributed by atoms with Gasteiger partial charge in [-0.15, -0.1) is 13.2 Å². The van der Waals surface area contributed by atoms with E-state index in [4.69, 9.17) is 0 Å². The lowest BCUT2D eigenvalue weighted by Crippen LogP contribution is -2.17. The van der Waals surface area contributed by atoms with Gasteiger partial charge in [-0.25, -0.2) is 4.39 Å². The number of hydrogen-bond donors (Lipinski definition) is 0. The molecule has 0 saturated heterocycles. The highest BCUT2D eigenvalue weighted by Crippen LogP contribution is 2.32. The van der Waals surface area contributed by atoms with E-state index in [1.54, 1.807) is 0 Å². The van der Waals surface area contributed by atoms with Crippen molar-refractivity contribution in [1.29, 1.82) is 0 Å². The number of nitrogens with zero attached hydrogens (tertiary/aromatic N) is 1. The Balaban J connectivity index is 2.50. The Hall–Kier alpha value is -2.71. The van der Waals surface area contributed by atoms with Gasteiger partial charge in [0.1, 0.15) is 11.6 Å².